The predicted molar refractivity (Wildman–Crippen MR) is 153 cm³/mol. The van der Waals surface area contributed by atoms with Gasteiger partial charge in [-0.2, -0.15) is 0 Å². The second-order valence-electron chi connectivity index (χ2n) is 11.3. The van der Waals surface area contributed by atoms with Crippen LogP contribution in [0.4, 0.5) is 5.69 Å². The molecule has 7 rings (SSSR count). The summed E-state index contributed by atoms with van der Waals surface area (Å²) >= 11 is 0. The average molecular weight is 484 g/mol. The summed E-state index contributed by atoms with van der Waals surface area (Å²) in [6.07, 6.45) is 0. The Balaban J connectivity index is 1.37. The number of rotatable bonds is 2. The third kappa shape index (κ3) is 3.13. The Morgan fingerprint density at radius 1 is 0.676 bits per heavy atom. The standard InChI is InChI=1S/C32H29BN2O2/c1-20-34-31(2,3)32(4,5)35(20)23-12-10-11-21(17-23)22-18-28-30-29(19-22)37-27-16-9-7-14-25(27)33(30)24-13-6-8-15-26(24)36-28/h6-19H,1-5H3. The van der Waals surface area contributed by atoms with Gasteiger partial charge in [-0.3, -0.25) is 4.99 Å². The number of benzene rings is 4. The van der Waals surface area contributed by atoms with Crippen LogP contribution in [0.2, 0.25) is 0 Å². The summed E-state index contributed by atoms with van der Waals surface area (Å²) < 4.78 is 13.0. The van der Waals surface area contributed by atoms with Crippen molar-refractivity contribution in [2.75, 3.05) is 4.90 Å². The lowest BCUT2D eigenvalue weighted by Crippen LogP contribution is -2.57. The van der Waals surface area contributed by atoms with Crippen LogP contribution in [0.3, 0.4) is 0 Å². The van der Waals surface area contributed by atoms with E-state index in [1.165, 1.54) is 10.9 Å². The molecular formula is C32H29BN2O2. The third-order valence-electron chi connectivity index (χ3n) is 8.55. The van der Waals surface area contributed by atoms with Crippen LogP contribution in [0.1, 0.15) is 34.6 Å². The van der Waals surface area contributed by atoms with Gasteiger partial charge >= 0.3 is 0 Å². The summed E-state index contributed by atoms with van der Waals surface area (Å²) in [7, 11) is 0. The number of para-hydroxylation sites is 2. The number of hydrogen-bond donors (Lipinski definition) is 0. The Morgan fingerprint density at radius 2 is 1.27 bits per heavy atom. The summed E-state index contributed by atoms with van der Waals surface area (Å²) in [5.41, 5.74) is 6.44. The molecule has 4 aromatic rings. The first kappa shape index (κ1) is 22.2. The van der Waals surface area contributed by atoms with Crippen molar-refractivity contribution in [1.82, 2.24) is 0 Å². The Bertz CT molecular complexity index is 1550. The third-order valence-corrected chi connectivity index (χ3v) is 8.55. The van der Waals surface area contributed by atoms with Crippen LogP contribution >= 0.6 is 0 Å². The fourth-order valence-corrected chi connectivity index (χ4v) is 6.16. The number of hydrogen-bond acceptors (Lipinski definition) is 4. The monoisotopic (exact) mass is 484 g/mol. The van der Waals surface area contributed by atoms with Gasteiger partial charge in [-0.25, -0.2) is 0 Å². The van der Waals surface area contributed by atoms with Gasteiger partial charge in [0.1, 0.15) is 28.8 Å². The highest BCUT2D eigenvalue weighted by Crippen LogP contribution is 2.43. The zero-order valence-corrected chi connectivity index (χ0v) is 21.9. The molecule has 0 spiro atoms. The van der Waals surface area contributed by atoms with Gasteiger partial charge in [-0.1, -0.05) is 48.5 Å². The van der Waals surface area contributed by atoms with Crippen LogP contribution in [-0.4, -0.2) is 23.6 Å². The van der Waals surface area contributed by atoms with E-state index in [0.29, 0.717) is 0 Å². The van der Waals surface area contributed by atoms with Crippen LogP contribution in [-0.2, 0) is 0 Å². The Kier molecular flexibility index (Phi) is 4.52. The number of anilines is 1. The van der Waals surface area contributed by atoms with Crippen molar-refractivity contribution in [3.63, 3.8) is 0 Å². The molecule has 0 N–H and O–H groups in total. The normalized spacial score (nSPS) is 17.7. The highest BCUT2D eigenvalue weighted by Gasteiger charge is 2.48. The zero-order chi connectivity index (χ0) is 25.5. The molecule has 0 saturated heterocycles. The molecule has 0 atom stereocenters. The fourth-order valence-electron chi connectivity index (χ4n) is 6.16. The maximum absolute atomic E-state index is 6.50. The van der Waals surface area contributed by atoms with Crippen LogP contribution in [0.5, 0.6) is 23.0 Å². The molecule has 182 valence electrons. The van der Waals surface area contributed by atoms with Gasteiger partial charge in [0.25, 0.3) is 6.71 Å². The molecule has 0 bridgehead atoms. The number of amidine groups is 1. The van der Waals surface area contributed by atoms with E-state index in [0.717, 1.165) is 51.1 Å². The molecule has 0 saturated carbocycles. The minimum atomic E-state index is -0.180. The first-order valence-corrected chi connectivity index (χ1v) is 12.9. The summed E-state index contributed by atoms with van der Waals surface area (Å²) in [5.74, 6) is 4.56. The van der Waals surface area contributed by atoms with E-state index in [4.69, 9.17) is 14.5 Å². The number of aliphatic imine (C=N–C) groups is 1. The Hall–Kier alpha value is -3.99. The van der Waals surface area contributed by atoms with E-state index < -0.39 is 0 Å². The second-order valence-corrected chi connectivity index (χ2v) is 11.3. The summed E-state index contributed by atoms with van der Waals surface area (Å²) in [4.78, 5) is 7.34. The van der Waals surface area contributed by atoms with Crippen molar-refractivity contribution < 1.29 is 9.47 Å². The summed E-state index contributed by atoms with van der Waals surface area (Å²) in [6, 6.07) is 29.7. The van der Waals surface area contributed by atoms with Crippen molar-refractivity contribution in [2.24, 2.45) is 4.99 Å². The minimum Gasteiger partial charge on any atom is -0.458 e. The maximum atomic E-state index is 6.50. The molecule has 0 unspecified atom stereocenters. The van der Waals surface area contributed by atoms with Crippen molar-refractivity contribution >= 4 is 34.6 Å². The molecule has 5 heteroatoms. The van der Waals surface area contributed by atoms with E-state index in [1.807, 2.05) is 12.1 Å². The largest absolute Gasteiger partial charge is 0.458 e. The van der Waals surface area contributed by atoms with Crippen molar-refractivity contribution in [2.45, 2.75) is 45.7 Å². The van der Waals surface area contributed by atoms with Crippen LogP contribution in [0.25, 0.3) is 11.1 Å². The molecule has 0 fully saturated rings. The topological polar surface area (TPSA) is 34.1 Å². The van der Waals surface area contributed by atoms with E-state index in [-0.39, 0.29) is 17.8 Å². The molecule has 4 aromatic carbocycles. The van der Waals surface area contributed by atoms with E-state index in [1.54, 1.807) is 0 Å². The molecular weight excluding hydrogens is 455 g/mol. The lowest BCUT2D eigenvalue weighted by atomic mass is 9.35. The zero-order valence-electron chi connectivity index (χ0n) is 21.9. The smallest absolute Gasteiger partial charge is 0.260 e. The first-order chi connectivity index (χ1) is 17.7. The molecule has 3 aliphatic heterocycles. The van der Waals surface area contributed by atoms with Crippen molar-refractivity contribution in [1.29, 1.82) is 0 Å². The first-order valence-electron chi connectivity index (χ1n) is 12.9. The van der Waals surface area contributed by atoms with Crippen LogP contribution in [0, 0.1) is 0 Å². The highest BCUT2D eigenvalue weighted by molar-refractivity contribution is 6.98. The van der Waals surface area contributed by atoms with Crippen LogP contribution < -0.4 is 30.8 Å². The van der Waals surface area contributed by atoms with Gasteiger partial charge in [-0.05, 0) is 93.1 Å². The Morgan fingerprint density at radius 3 is 1.84 bits per heavy atom. The van der Waals surface area contributed by atoms with Gasteiger partial charge in [0.2, 0.25) is 0 Å². The van der Waals surface area contributed by atoms with E-state index in [9.17, 15) is 0 Å². The van der Waals surface area contributed by atoms with Crippen LogP contribution in [0.15, 0.2) is 89.9 Å². The SMILES string of the molecule is CC1=NC(C)(C)C(C)(C)N1c1cccc(-c2cc3c4c(c2)Oc2ccccc2B4c2ccccc2O3)c1. The number of ether oxygens (including phenoxy) is 2. The maximum Gasteiger partial charge on any atom is 0.260 e. The van der Waals surface area contributed by atoms with Gasteiger partial charge in [-0.15, -0.1) is 0 Å². The van der Waals surface area contributed by atoms with Crippen molar-refractivity contribution in [3.8, 4) is 34.1 Å². The molecule has 0 aromatic heterocycles. The van der Waals surface area contributed by atoms with Gasteiger partial charge in [0.05, 0.1) is 11.1 Å². The number of fused-ring (bicyclic) bond motifs is 4. The average Bonchev–Trinajstić information content (AvgIpc) is 3.04. The van der Waals surface area contributed by atoms with Gasteiger partial charge in [0.15, 0.2) is 0 Å². The highest BCUT2D eigenvalue weighted by atomic mass is 16.5. The molecule has 4 nitrogen and oxygen atoms in total. The lowest BCUT2D eigenvalue weighted by molar-refractivity contribution is 0.338. The molecule has 37 heavy (non-hydrogen) atoms. The summed E-state index contributed by atoms with van der Waals surface area (Å²) in [5, 5.41) is 0. The molecule has 0 amide bonds. The lowest BCUT2D eigenvalue weighted by Gasteiger charge is -2.41. The Labute approximate surface area is 218 Å². The van der Waals surface area contributed by atoms with E-state index >= 15 is 0 Å². The fraction of sp³-hybridized carbons (Fsp3) is 0.219. The van der Waals surface area contributed by atoms with Gasteiger partial charge in [0, 0.05) is 11.2 Å². The quantitative estimate of drug-likeness (QED) is 0.288. The van der Waals surface area contributed by atoms with Gasteiger partial charge < -0.3 is 14.4 Å². The molecule has 3 aliphatic rings. The summed E-state index contributed by atoms with van der Waals surface area (Å²) in [6.45, 7) is 11.1. The van der Waals surface area contributed by atoms with Crippen molar-refractivity contribution in [3.05, 3.63) is 84.9 Å². The molecule has 0 radical (unpaired) electrons. The van der Waals surface area contributed by atoms with E-state index in [2.05, 4.69) is 112 Å². The predicted octanol–water partition coefficient (Wildman–Crippen LogP) is 5.88. The minimum absolute atomic E-state index is 0.0896. The second kappa shape index (κ2) is 7.52. The molecule has 3 heterocycles. The molecule has 0 aliphatic carbocycles. The number of nitrogens with zero attached hydrogens (tertiary/aromatic N) is 2.